The fourth-order valence-electron chi connectivity index (χ4n) is 3.13. The Balaban J connectivity index is 2.28. The maximum atomic E-state index is 13.4. The molecule has 1 heterocycles. The summed E-state index contributed by atoms with van der Waals surface area (Å²) in [6.07, 6.45) is 1.28. The monoisotopic (exact) mass is 367 g/mol. The van der Waals surface area contributed by atoms with Gasteiger partial charge in [-0.05, 0) is 31.5 Å². The van der Waals surface area contributed by atoms with Crippen molar-refractivity contribution in [2.75, 3.05) is 7.11 Å². The molecule has 0 radical (unpaired) electrons. The zero-order chi connectivity index (χ0) is 19.6. The van der Waals surface area contributed by atoms with Crippen molar-refractivity contribution in [3.63, 3.8) is 0 Å². The molecule has 1 unspecified atom stereocenters. The molecule has 6 nitrogen and oxygen atoms in total. The molecule has 0 saturated carbocycles. The molecule has 1 aliphatic rings. The van der Waals surface area contributed by atoms with Crippen molar-refractivity contribution in [1.29, 1.82) is 0 Å². The van der Waals surface area contributed by atoms with E-state index in [0.29, 0.717) is 16.9 Å². The highest BCUT2D eigenvalue weighted by Gasteiger charge is 2.63. The van der Waals surface area contributed by atoms with Gasteiger partial charge in [-0.1, -0.05) is 30.3 Å². The lowest BCUT2D eigenvalue weighted by atomic mass is 9.72. The summed E-state index contributed by atoms with van der Waals surface area (Å²) in [5.41, 5.74) is -0.495. The molecule has 1 aromatic carbocycles. The Bertz CT molecular complexity index is 904. The van der Waals surface area contributed by atoms with E-state index < -0.39 is 17.4 Å². The average molecular weight is 367 g/mol. The van der Waals surface area contributed by atoms with Gasteiger partial charge in [-0.25, -0.2) is 0 Å². The Morgan fingerprint density at radius 2 is 1.81 bits per heavy atom. The lowest BCUT2D eigenvalue weighted by Gasteiger charge is -2.42. The number of aromatic nitrogens is 1. The minimum atomic E-state index is -1.76. The predicted molar refractivity (Wildman–Crippen MR) is 98.8 cm³/mol. The molecule has 0 saturated heterocycles. The van der Waals surface area contributed by atoms with Crippen LogP contribution < -0.4 is 4.74 Å². The van der Waals surface area contributed by atoms with Gasteiger partial charge in [0.25, 0.3) is 5.60 Å². The number of hydrogen-bond acceptors (Lipinski definition) is 6. The fraction of sp³-hybridized carbons (Fsp3) is 0.286. The predicted octanol–water partition coefficient (Wildman–Crippen LogP) is 3.27. The van der Waals surface area contributed by atoms with Crippen LogP contribution in [0.2, 0.25) is 0 Å². The van der Waals surface area contributed by atoms with Gasteiger partial charge < -0.3 is 14.2 Å². The number of Topliss-reactive ketones (excluding diaryl/α,β-unsaturated/α-hetero) is 1. The van der Waals surface area contributed by atoms with Crippen LogP contribution in [0.3, 0.4) is 0 Å². The van der Waals surface area contributed by atoms with Crippen LogP contribution in [0.25, 0.3) is 5.57 Å². The number of esters is 1. The molecular weight excluding hydrogens is 346 g/mol. The number of carbonyl (C=O) groups excluding carboxylic acids is 2. The van der Waals surface area contributed by atoms with Crippen molar-refractivity contribution in [2.24, 2.45) is 0 Å². The summed E-state index contributed by atoms with van der Waals surface area (Å²) in [6.45, 7) is 4.93. The van der Waals surface area contributed by atoms with Crippen molar-refractivity contribution >= 4 is 17.3 Å². The summed E-state index contributed by atoms with van der Waals surface area (Å²) in [7, 11) is 1.47. The average Bonchev–Trinajstić information content (AvgIpc) is 2.66. The van der Waals surface area contributed by atoms with Crippen LogP contribution in [-0.4, -0.2) is 30.0 Å². The van der Waals surface area contributed by atoms with Gasteiger partial charge in [-0.2, -0.15) is 0 Å². The second-order valence-corrected chi connectivity index (χ2v) is 6.39. The highest BCUT2D eigenvalue weighted by Crippen LogP contribution is 2.52. The third kappa shape index (κ3) is 3.07. The van der Waals surface area contributed by atoms with Gasteiger partial charge in [-0.15, -0.1) is 0 Å². The van der Waals surface area contributed by atoms with E-state index in [0.717, 1.165) is 0 Å². The molecule has 0 spiro atoms. The number of ketones is 1. The number of pyridine rings is 1. The zero-order valence-electron chi connectivity index (χ0n) is 15.7. The van der Waals surface area contributed by atoms with Gasteiger partial charge in [0, 0.05) is 13.1 Å². The van der Waals surface area contributed by atoms with Gasteiger partial charge in [0.2, 0.25) is 5.78 Å². The first-order valence-corrected chi connectivity index (χ1v) is 8.62. The number of hydrogen-bond donors (Lipinski definition) is 0. The number of rotatable bonds is 6. The molecule has 6 heteroatoms. The van der Waals surface area contributed by atoms with Gasteiger partial charge in [0.15, 0.2) is 5.76 Å². The van der Waals surface area contributed by atoms with Crippen LogP contribution >= 0.6 is 0 Å². The first-order valence-electron chi connectivity index (χ1n) is 8.62. The van der Waals surface area contributed by atoms with E-state index in [1.807, 2.05) is 44.2 Å². The standard InChI is InChI=1S/C21H21NO5/c1-13(2)26-20-17(15-9-6-5-7-10-15)19(24)21(20,27-14(3)23)18-16(25-4)11-8-12-22-18/h5-13H,1-4H3. The lowest BCUT2D eigenvalue weighted by molar-refractivity contribution is -0.169. The van der Waals surface area contributed by atoms with E-state index in [4.69, 9.17) is 14.2 Å². The van der Waals surface area contributed by atoms with E-state index >= 15 is 0 Å². The molecule has 140 valence electrons. The second kappa shape index (κ2) is 7.23. The van der Waals surface area contributed by atoms with Crippen molar-refractivity contribution < 1.29 is 23.8 Å². The SMILES string of the molecule is COc1cccnc1C1(OC(C)=O)C(=O)C(c2ccccc2)=C1OC(C)C. The highest BCUT2D eigenvalue weighted by molar-refractivity contribution is 6.34. The Kier molecular flexibility index (Phi) is 4.99. The number of carbonyl (C=O) groups is 2. The summed E-state index contributed by atoms with van der Waals surface area (Å²) in [5.74, 6) is -0.408. The molecule has 0 amide bonds. The van der Waals surface area contributed by atoms with E-state index in [9.17, 15) is 9.59 Å². The molecule has 2 aromatic rings. The van der Waals surface area contributed by atoms with Crippen LogP contribution in [0.1, 0.15) is 32.0 Å². The molecule has 0 bridgehead atoms. The number of ether oxygens (including phenoxy) is 3. The highest BCUT2D eigenvalue weighted by atomic mass is 16.6. The lowest BCUT2D eigenvalue weighted by Crippen LogP contribution is -2.52. The Labute approximate surface area is 157 Å². The third-order valence-electron chi connectivity index (χ3n) is 4.13. The summed E-state index contributed by atoms with van der Waals surface area (Å²) in [6, 6.07) is 12.5. The number of nitrogens with zero attached hydrogens (tertiary/aromatic N) is 1. The Morgan fingerprint density at radius 1 is 1.11 bits per heavy atom. The molecule has 1 aliphatic carbocycles. The number of methoxy groups -OCH3 is 1. The second-order valence-electron chi connectivity index (χ2n) is 6.39. The fourth-order valence-corrected chi connectivity index (χ4v) is 3.13. The van der Waals surface area contributed by atoms with Crippen LogP contribution in [0, 0.1) is 0 Å². The van der Waals surface area contributed by atoms with Gasteiger partial charge in [0.1, 0.15) is 11.4 Å². The summed E-state index contributed by atoms with van der Waals surface area (Å²) < 4.78 is 16.9. The Hall–Kier alpha value is -3.15. The number of benzene rings is 1. The molecule has 0 fully saturated rings. The molecule has 27 heavy (non-hydrogen) atoms. The first-order chi connectivity index (χ1) is 12.9. The van der Waals surface area contributed by atoms with Crippen LogP contribution in [0.15, 0.2) is 54.4 Å². The van der Waals surface area contributed by atoms with Gasteiger partial charge in [-0.3, -0.25) is 14.6 Å². The maximum absolute atomic E-state index is 13.4. The van der Waals surface area contributed by atoms with Gasteiger partial charge in [0.05, 0.1) is 18.8 Å². The molecule has 1 aromatic heterocycles. The minimum Gasteiger partial charge on any atom is -0.495 e. The van der Waals surface area contributed by atoms with Crippen molar-refractivity contribution in [3.8, 4) is 5.75 Å². The molecular formula is C21H21NO5. The smallest absolute Gasteiger partial charge is 0.304 e. The van der Waals surface area contributed by atoms with E-state index in [-0.39, 0.29) is 17.6 Å². The summed E-state index contributed by atoms with van der Waals surface area (Å²) in [5, 5.41) is 0. The van der Waals surface area contributed by atoms with E-state index in [2.05, 4.69) is 4.98 Å². The third-order valence-corrected chi connectivity index (χ3v) is 4.13. The maximum Gasteiger partial charge on any atom is 0.304 e. The van der Waals surface area contributed by atoms with Crippen LogP contribution in [0.5, 0.6) is 5.75 Å². The van der Waals surface area contributed by atoms with Gasteiger partial charge >= 0.3 is 5.97 Å². The molecule has 0 aliphatic heterocycles. The Morgan fingerprint density at radius 3 is 2.41 bits per heavy atom. The largest absolute Gasteiger partial charge is 0.495 e. The molecule has 3 rings (SSSR count). The normalized spacial score (nSPS) is 18.9. The van der Waals surface area contributed by atoms with Crippen molar-refractivity contribution in [1.82, 2.24) is 4.98 Å². The summed E-state index contributed by atoms with van der Waals surface area (Å²) >= 11 is 0. The topological polar surface area (TPSA) is 74.7 Å². The summed E-state index contributed by atoms with van der Waals surface area (Å²) in [4.78, 5) is 29.6. The van der Waals surface area contributed by atoms with Crippen LogP contribution in [-0.2, 0) is 24.7 Å². The van der Waals surface area contributed by atoms with Crippen molar-refractivity contribution in [3.05, 3.63) is 65.7 Å². The van der Waals surface area contributed by atoms with Crippen LogP contribution in [0.4, 0.5) is 0 Å². The molecule has 1 atom stereocenters. The van der Waals surface area contributed by atoms with E-state index in [1.54, 1.807) is 12.1 Å². The first kappa shape index (κ1) is 18.6. The quantitative estimate of drug-likeness (QED) is 0.730. The van der Waals surface area contributed by atoms with E-state index in [1.165, 1.54) is 20.2 Å². The molecule has 0 N–H and O–H groups in total. The minimum absolute atomic E-state index is 0.197. The van der Waals surface area contributed by atoms with Crippen molar-refractivity contribution in [2.45, 2.75) is 32.5 Å². The zero-order valence-corrected chi connectivity index (χ0v) is 15.7.